The summed E-state index contributed by atoms with van der Waals surface area (Å²) in [4.78, 5) is 0. The van der Waals surface area contributed by atoms with Crippen molar-refractivity contribution in [3.63, 3.8) is 0 Å². The topological polar surface area (TPSA) is 37.2 Å². The number of fused-ring (bicyclic) bond motifs is 1. The van der Waals surface area contributed by atoms with Crippen LogP contribution in [-0.2, 0) is 13.1 Å². The number of hydrogen-bond donors (Lipinski definition) is 2. The molecule has 104 valence electrons. The van der Waals surface area contributed by atoms with E-state index in [1.54, 1.807) is 0 Å². The van der Waals surface area contributed by atoms with Crippen molar-refractivity contribution in [1.82, 2.24) is 9.88 Å². The van der Waals surface area contributed by atoms with Crippen LogP contribution in [0.2, 0.25) is 0 Å². The third-order valence-corrected chi connectivity index (χ3v) is 3.38. The molecule has 0 spiro atoms. The number of aliphatic hydroxyl groups is 1. The lowest BCUT2D eigenvalue weighted by molar-refractivity contribution is 0.178. The maximum Gasteiger partial charge on any atom is 0.0529 e. The lowest BCUT2D eigenvalue weighted by atomic mass is 10.1. The molecule has 1 aromatic carbocycles. The lowest BCUT2D eigenvalue weighted by Crippen LogP contribution is -2.13. The van der Waals surface area contributed by atoms with Gasteiger partial charge in [0.05, 0.1) is 6.10 Å². The van der Waals surface area contributed by atoms with E-state index in [1.807, 2.05) is 6.92 Å². The average Bonchev–Trinajstić information content (AvgIpc) is 2.79. The summed E-state index contributed by atoms with van der Waals surface area (Å²) in [6, 6.07) is 8.77. The van der Waals surface area contributed by atoms with E-state index in [9.17, 15) is 5.11 Å². The van der Waals surface area contributed by atoms with Crippen LogP contribution in [0.25, 0.3) is 10.9 Å². The van der Waals surface area contributed by atoms with Gasteiger partial charge in [0, 0.05) is 24.8 Å². The van der Waals surface area contributed by atoms with Gasteiger partial charge in [-0.05, 0) is 55.5 Å². The first-order valence-electron chi connectivity index (χ1n) is 7.17. The molecule has 0 aliphatic heterocycles. The Balaban J connectivity index is 2.08. The van der Waals surface area contributed by atoms with Crippen molar-refractivity contribution in [1.29, 1.82) is 0 Å². The molecule has 19 heavy (non-hydrogen) atoms. The van der Waals surface area contributed by atoms with Gasteiger partial charge in [-0.1, -0.05) is 13.0 Å². The summed E-state index contributed by atoms with van der Waals surface area (Å²) in [5.41, 5.74) is 2.58. The quantitative estimate of drug-likeness (QED) is 0.751. The van der Waals surface area contributed by atoms with E-state index < -0.39 is 0 Å². The van der Waals surface area contributed by atoms with E-state index in [-0.39, 0.29) is 6.10 Å². The minimum Gasteiger partial charge on any atom is -0.393 e. The lowest BCUT2D eigenvalue weighted by Gasteiger charge is -2.08. The van der Waals surface area contributed by atoms with Crippen molar-refractivity contribution in [2.45, 2.75) is 45.9 Å². The second-order valence-corrected chi connectivity index (χ2v) is 5.22. The number of rotatable bonds is 7. The van der Waals surface area contributed by atoms with Crippen molar-refractivity contribution >= 4 is 10.9 Å². The van der Waals surface area contributed by atoms with Crippen LogP contribution in [-0.4, -0.2) is 22.3 Å². The third-order valence-electron chi connectivity index (χ3n) is 3.38. The maximum absolute atomic E-state index is 9.37. The van der Waals surface area contributed by atoms with Gasteiger partial charge in [0.15, 0.2) is 0 Å². The van der Waals surface area contributed by atoms with Gasteiger partial charge >= 0.3 is 0 Å². The molecule has 2 rings (SSSR count). The zero-order valence-electron chi connectivity index (χ0n) is 11.9. The summed E-state index contributed by atoms with van der Waals surface area (Å²) in [5, 5.41) is 14.1. The number of hydrogen-bond acceptors (Lipinski definition) is 2. The molecule has 1 atom stereocenters. The molecule has 2 N–H and O–H groups in total. The van der Waals surface area contributed by atoms with Crippen molar-refractivity contribution in [3.05, 3.63) is 36.0 Å². The average molecular weight is 260 g/mol. The Hall–Kier alpha value is -1.32. The molecule has 1 heterocycles. The number of aromatic nitrogens is 1. The molecule has 3 heteroatoms. The standard InChI is InChI=1S/C16H24N2O/c1-3-8-17-12-14-4-5-16-15(11-14)7-10-18(16)9-6-13(2)19/h4-5,7,10-11,13,17,19H,3,6,8-9,12H2,1-2H3. The normalized spacial score (nSPS) is 13.0. The Kier molecular flexibility index (Phi) is 5.00. The first kappa shape index (κ1) is 14.1. The van der Waals surface area contributed by atoms with Crippen LogP contribution in [0.3, 0.4) is 0 Å². The van der Waals surface area contributed by atoms with Gasteiger partial charge < -0.3 is 15.0 Å². The van der Waals surface area contributed by atoms with Gasteiger partial charge in [-0.25, -0.2) is 0 Å². The second-order valence-electron chi connectivity index (χ2n) is 5.22. The number of nitrogens with zero attached hydrogens (tertiary/aromatic N) is 1. The molecule has 0 saturated carbocycles. The molecule has 1 unspecified atom stereocenters. The highest BCUT2D eigenvalue weighted by atomic mass is 16.3. The fourth-order valence-corrected chi connectivity index (χ4v) is 2.29. The highest BCUT2D eigenvalue weighted by Crippen LogP contribution is 2.18. The second kappa shape index (κ2) is 6.73. The predicted octanol–water partition coefficient (Wildman–Crippen LogP) is 2.91. The Labute approximate surface area is 115 Å². The summed E-state index contributed by atoms with van der Waals surface area (Å²) in [6.07, 6.45) is 3.83. The van der Waals surface area contributed by atoms with Crippen LogP contribution in [0.1, 0.15) is 32.3 Å². The minimum absolute atomic E-state index is 0.241. The summed E-state index contributed by atoms with van der Waals surface area (Å²) >= 11 is 0. The van der Waals surface area contributed by atoms with Crippen molar-refractivity contribution < 1.29 is 5.11 Å². The third kappa shape index (κ3) is 3.82. The molecule has 3 nitrogen and oxygen atoms in total. The van der Waals surface area contributed by atoms with E-state index in [0.717, 1.165) is 32.5 Å². The number of nitrogens with one attached hydrogen (secondary N) is 1. The number of aryl methyl sites for hydroxylation is 1. The predicted molar refractivity (Wildman–Crippen MR) is 80.2 cm³/mol. The van der Waals surface area contributed by atoms with E-state index in [4.69, 9.17) is 0 Å². The molecule has 0 amide bonds. The first-order valence-corrected chi connectivity index (χ1v) is 7.17. The van der Waals surface area contributed by atoms with Crippen molar-refractivity contribution in [3.8, 4) is 0 Å². The van der Waals surface area contributed by atoms with Crippen LogP contribution in [0.4, 0.5) is 0 Å². The molecule has 1 aromatic heterocycles. The summed E-state index contributed by atoms with van der Waals surface area (Å²) in [7, 11) is 0. The summed E-state index contributed by atoms with van der Waals surface area (Å²) < 4.78 is 2.21. The molecule has 0 aliphatic rings. The van der Waals surface area contributed by atoms with Crippen molar-refractivity contribution in [2.24, 2.45) is 0 Å². The van der Waals surface area contributed by atoms with E-state index in [2.05, 4.69) is 47.3 Å². The van der Waals surface area contributed by atoms with E-state index in [1.165, 1.54) is 16.5 Å². The maximum atomic E-state index is 9.37. The van der Waals surface area contributed by atoms with Crippen molar-refractivity contribution in [2.75, 3.05) is 6.54 Å². The minimum atomic E-state index is -0.241. The summed E-state index contributed by atoms with van der Waals surface area (Å²) in [6.45, 7) is 6.88. The van der Waals surface area contributed by atoms with Gasteiger partial charge in [-0.15, -0.1) is 0 Å². The van der Waals surface area contributed by atoms with Gasteiger partial charge in [0.25, 0.3) is 0 Å². The Bertz CT molecular complexity index is 516. The van der Waals surface area contributed by atoms with Crippen LogP contribution < -0.4 is 5.32 Å². The largest absolute Gasteiger partial charge is 0.393 e. The van der Waals surface area contributed by atoms with Gasteiger partial charge in [-0.2, -0.15) is 0 Å². The Morgan fingerprint density at radius 3 is 2.89 bits per heavy atom. The monoisotopic (exact) mass is 260 g/mol. The first-order chi connectivity index (χ1) is 9.20. The molecule has 0 aliphatic carbocycles. The summed E-state index contributed by atoms with van der Waals surface area (Å²) in [5.74, 6) is 0. The number of benzene rings is 1. The van der Waals surface area contributed by atoms with Crippen LogP contribution in [0, 0.1) is 0 Å². The highest BCUT2D eigenvalue weighted by molar-refractivity contribution is 5.80. The fourth-order valence-electron chi connectivity index (χ4n) is 2.29. The van der Waals surface area contributed by atoms with Crippen LogP contribution in [0.15, 0.2) is 30.5 Å². The molecular weight excluding hydrogens is 236 g/mol. The van der Waals surface area contributed by atoms with Crippen LogP contribution in [0.5, 0.6) is 0 Å². The molecule has 0 fully saturated rings. The smallest absolute Gasteiger partial charge is 0.0529 e. The van der Waals surface area contributed by atoms with E-state index in [0.29, 0.717) is 0 Å². The Morgan fingerprint density at radius 1 is 1.32 bits per heavy atom. The molecule has 0 bridgehead atoms. The van der Waals surface area contributed by atoms with Gasteiger partial charge in [0.2, 0.25) is 0 Å². The van der Waals surface area contributed by atoms with Gasteiger partial charge in [0.1, 0.15) is 0 Å². The highest BCUT2D eigenvalue weighted by Gasteiger charge is 2.03. The molecular formula is C16H24N2O. The zero-order valence-corrected chi connectivity index (χ0v) is 11.9. The zero-order chi connectivity index (χ0) is 13.7. The van der Waals surface area contributed by atoms with Crippen LogP contribution >= 0.6 is 0 Å². The fraction of sp³-hybridized carbons (Fsp3) is 0.500. The molecule has 0 saturated heterocycles. The SMILES string of the molecule is CCCNCc1ccc2c(ccn2CCC(C)O)c1. The van der Waals surface area contributed by atoms with E-state index >= 15 is 0 Å². The molecule has 0 radical (unpaired) electrons. The van der Waals surface area contributed by atoms with Gasteiger partial charge in [-0.3, -0.25) is 0 Å². The Morgan fingerprint density at radius 2 is 2.16 bits per heavy atom. The number of aliphatic hydroxyl groups excluding tert-OH is 1. The molecule has 2 aromatic rings.